The topological polar surface area (TPSA) is 49.0 Å². The number of hydrogen-bond acceptors (Lipinski definition) is 2. The van der Waals surface area contributed by atoms with Crippen LogP contribution in [0.15, 0.2) is 48.5 Å². The highest BCUT2D eigenvalue weighted by atomic mass is 16.2. The first-order valence-corrected chi connectivity index (χ1v) is 8.05. The molecule has 0 spiro atoms. The zero-order chi connectivity index (χ0) is 15.8. The van der Waals surface area contributed by atoms with Gasteiger partial charge in [0.05, 0.1) is 17.1 Å². The van der Waals surface area contributed by atoms with Gasteiger partial charge in [0, 0.05) is 12.1 Å². The average molecular weight is 305 g/mol. The summed E-state index contributed by atoms with van der Waals surface area (Å²) in [7, 11) is 0. The second-order valence-corrected chi connectivity index (χ2v) is 6.16. The van der Waals surface area contributed by atoms with Crippen molar-refractivity contribution in [2.45, 2.75) is 25.8 Å². The Kier molecular flexibility index (Phi) is 3.37. The molecule has 1 amide bonds. The van der Waals surface area contributed by atoms with Gasteiger partial charge >= 0.3 is 0 Å². The number of rotatable bonds is 2. The number of imidazole rings is 1. The van der Waals surface area contributed by atoms with Crippen LogP contribution >= 0.6 is 0 Å². The van der Waals surface area contributed by atoms with Crippen LogP contribution in [0, 0.1) is 6.92 Å². The molecule has 1 aromatic heterocycles. The van der Waals surface area contributed by atoms with E-state index in [2.05, 4.69) is 9.97 Å². The number of aromatic amines is 1. The minimum absolute atomic E-state index is 0.0382. The number of carbonyl (C=O) groups excluding carboxylic acids is 1. The first-order chi connectivity index (χ1) is 11.2. The van der Waals surface area contributed by atoms with Gasteiger partial charge in [0.2, 0.25) is 0 Å². The maximum Gasteiger partial charge on any atom is 0.254 e. The van der Waals surface area contributed by atoms with Gasteiger partial charge in [0.25, 0.3) is 5.91 Å². The van der Waals surface area contributed by atoms with Crippen molar-refractivity contribution in [2.24, 2.45) is 0 Å². The van der Waals surface area contributed by atoms with E-state index in [-0.39, 0.29) is 11.9 Å². The summed E-state index contributed by atoms with van der Waals surface area (Å²) in [6, 6.07) is 15.8. The van der Waals surface area contributed by atoms with E-state index >= 15 is 0 Å². The molecule has 0 aliphatic carbocycles. The number of benzene rings is 2. The fraction of sp³-hybridized carbons (Fsp3) is 0.263. The van der Waals surface area contributed by atoms with E-state index in [1.54, 1.807) is 0 Å². The largest absolute Gasteiger partial charge is 0.340 e. The summed E-state index contributed by atoms with van der Waals surface area (Å²) in [4.78, 5) is 22.9. The van der Waals surface area contributed by atoms with Gasteiger partial charge in [-0.25, -0.2) is 4.98 Å². The molecule has 0 saturated carbocycles. The number of H-pyrrole nitrogens is 1. The lowest BCUT2D eigenvalue weighted by atomic mass is 10.1. The van der Waals surface area contributed by atoms with Crippen LogP contribution in [-0.4, -0.2) is 27.3 Å². The zero-order valence-electron chi connectivity index (χ0n) is 13.1. The van der Waals surface area contributed by atoms with E-state index in [0.717, 1.165) is 47.4 Å². The number of carbonyl (C=O) groups is 1. The molecule has 1 N–H and O–H groups in total. The molecular formula is C19H19N3O. The molecule has 1 aliphatic heterocycles. The molecule has 2 heterocycles. The fourth-order valence-corrected chi connectivity index (χ4v) is 3.29. The molecule has 1 atom stereocenters. The van der Waals surface area contributed by atoms with Gasteiger partial charge in [-0.1, -0.05) is 29.8 Å². The molecule has 116 valence electrons. The molecule has 1 fully saturated rings. The van der Waals surface area contributed by atoms with Gasteiger partial charge in [-0.15, -0.1) is 0 Å². The lowest BCUT2D eigenvalue weighted by Gasteiger charge is -2.23. The van der Waals surface area contributed by atoms with Crippen molar-refractivity contribution >= 4 is 16.9 Å². The van der Waals surface area contributed by atoms with Gasteiger partial charge in [-0.2, -0.15) is 0 Å². The minimum Gasteiger partial charge on any atom is -0.340 e. The highest BCUT2D eigenvalue weighted by Gasteiger charge is 2.32. The van der Waals surface area contributed by atoms with E-state index in [1.807, 2.05) is 60.4 Å². The first-order valence-electron chi connectivity index (χ1n) is 8.05. The second kappa shape index (κ2) is 5.54. The van der Waals surface area contributed by atoms with E-state index in [9.17, 15) is 4.79 Å². The number of aryl methyl sites for hydroxylation is 1. The predicted octanol–water partition coefficient (Wildman–Crippen LogP) is 3.85. The van der Waals surface area contributed by atoms with E-state index < -0.39 is 0 Å². The summed E-state index contributed by atoms with van der Waals surface area (Å²) in [5.41, 5.74) is 3.89. The third-order valence-corrected chi connectivity index (χ3v) is 4.54. The van der Waals surface area contributed by atoms with Crippen molar-refractivity contribution in [3.8, 4) is 0 Å². The smallest absolute Gasteiger partial charge is 0.254 e. The van der Waals surface area contributed by atoms with Crippen LogP contribution in [0.1, 0.15) is 40.6 Å². The predicted molar refractivity (Wildman–Crippen MR) is 90.3 cm³/mol. The molecule has 3 aromatic rings. The molecule has 23 heavy (non-hydrogen) atoms. The van der Waals surface area contributed by atoms with Crippen LogP contribution in [0.5, 0.6) is 0 Å². The number of aromatic nitrogens is 2. The van der Waals surface area contributed by atoms with Crippen molar-refractivity contribution in [1.29, 1.82) is 0 Å². The summed E-state index contributed by atoms with van der Waals surface area (Å²) >= 11 is 0. The molecule has 4 nitrogen and oxygen atoms in total. The van der Waals surface area contributed by atoms with Crippen molar-refractivity contribution in [3.05, 3.63) is 65.5 Å². The molecule has 0 bridgehead atoms. The SMILES string of the molecule is Cc1ccc(C(=O)N2CCC[C@@H]2c2nc3ccccc3[nH]2)cc1. The highest BCUT2D eigenvalue weighted by molar-refractivity contribution is 5.94. The molecule has 0 unspecified atom stereocenters. The number of hydrogen-bond donors (Lipinski definition) is 1. The summed E-state index contributed by atoms with van der Waals surface area (Å²) in [5, 5.41) is 0. The van der Waals surface area contributed by atoms with E-state index in [0.29, 0.717) is 0 Å². The van der Waals surface area contributed by atoms with Gasteiger partial charge < -0.3 is 9.88 Å². The molecule has 4 heteroatoms. The summed E-state index contributed by atoms with van der Waals surface area (Å²) in [6.07, 6.45) is 1.97. The van der Waals surface area contributed by atoms with E-state index in [1.165, 1.54) is 0 Å². The number of amides is 1. The van der Waals surface area contributed by atoms with Crippen LogP contribution < -0.4 is 0 Å². The fourth-order valence-electron chi connectivity index (χ4n) is 3.29. The second-order valence-electron chi connectivity index (χ2n) is 6.16. The van der Waals surface area contributed by atoms with Gasteiger partial charge in [0.15, 0.2) is 0 Å². The first kappa shape index (κ1) is 14.0. The van der Waals surface area contributed by atoms with Gasteiger partial charge in [0.1, 0.15) is 5.82 Å². The Morgan fingerprint density at radius 3 is 2.74 bits per heavy atom. The minimum atomic E-state index is 0.0382. The Morgan fingerprint density at radius 2 is 1.96 bits per heavy atom. The van der Waals surface area contributed by atoms with Crippen molar-refractivity contribution in [2.75, 3.05) is 6.54 Å². The Labute approximate surface area is 135 Å². The summed E-state index contributed by atoms with van der Waals surface area (Å²) in [6.45, 7) is 2.82. The van der Waals surface area contributed by atoms with Gasteiger partial charge in [-0.3, -0.25) is 4.79 Å². The average Bonchev–Trinajstić information content (AvgIpc) is 3.21. The van der Waals surface area contributed by atoms with Gasteiger partial charge in [-0.05, 0) is 44.0 Å². The van der Waals surface area contributed by atoms with Crippen molar-refractivity contribution < 1.29 is 4.79 Å². The third kappa shape index (κ3) is 2.50. The van der Waals surface area contributed by atoms with Crippen LogP contribution in [0.25, 0.3) is 11.0 Å². The van der Waals surface area contributed by atoms with Crippen LogP contribution in [0.2, 0.25) is 0 Å². The molecule has 1 aliphatic rings. The monoisotopic (exact) mass is 305 g/mol. The number of para-hydroxylation sites is 2. The maximum atomic E-state index is 12.8. The quantitative estimate of drug-likeness (QED) is 0.782. The number of likely N-dealkylation sites (tertiary alicyclic amines) is 1. The Hall–Kier alpha value is -2.62. The molecular weight excluding hydrogens is 286 g/mol. The Balaban J connectivity index is 1.65. The molecule has 2 aromatic carbocycles. The lowest BCUT2D eigenvalue weighted by molar-refractivity contribution is 0.0730. The van der Waals surface area contributed by atoms with E-state index in [4.69, 9.17) is 0 Å². The molecule has 1 saturated heterocycles. The maximum absolute atomic E-state index is 12.8. The number of nitrogens with zero attached hydrogens (tertiary/aromatic N) is 2. The standard InChI is InChI=1S/C19H19N3O/c1-13-8-10-14(11-9-13)19(23)22-12-4-7-17(22)18-20-15-5-2-3-6-16(15)21-18/h2-3,5-6,8-11,17H,4,7,12H2,1H3,(H,20,21)/t17-/m1/s1. The number of nitrogens with one attached hydrogen (secondary N) is 1. The highest BCUT2D eigenvalue weighted by Crippen LogP contribution is 2.32. The Morgan fingerprint density at radius 1 is 1.17 bits per heavy atom. The normalized spacial score (nSPS) is 17.8. The molecule has 4 rings (SSSR count). The van der Waals surface area contributed by atoms with Crippen LogP contribution in [-0.2, 0) is 0 Å². The lowest BCUT2D eigenvalue weighted by Crippen LogP contribution is -2.31. The zero-order valence-corrected chi connectivity index (χ0v) is 13.1. The third-order valence-electron chi connectivity index (χ3n) is 4.54. The van der Waals surface area contributed by atoms with Crippen LogP contribution in [0.3, 0.4) is 0 Å². The summed E-state index contributed by atoms with van der Waals surface area (Å²) < 4.78 is 0. The molecule has 0 radical (unpaired) electrons. The van der Waals surface area contributed by atoms with Crippen LogP contribution in [0.4, 0.5) is 0 Å². The Bertz CT molecular complexity index is 817. The van der Waals surface area contributed by atoms with Crippen molar-refractivity contribution in [1.82, 2.24) is 14.9 Å². The summed E-state index contributed by atoms with van der Waals surface area (Å²) in [5.74, 6) is 0.983. The van der Waals surface area contributed by atoms with Crippen molar-refractivity contribution in [3.63, 3.8) is 0 Å². The number of fused-ring (bicyclic) bond motifs is 1.